The Morgan fingerprint density at radius 1 is 1.40 bits per heavy atom. The Balaban J connectivity index is 0. The molecular formula is C16H29F4N9O. The highest BCUT2D eigenvalue weighted by atomic mass is 19.4. The molecule has 1 saturated heterocycles. The number of nitrogens with zero attached hydrogens (tertiary/aromatic N) is 6. The number of hydrogen-bond acceptors (Lipinski definition) is 8. The van der Waals surface area contributed by atoms with E-state index in [9.17, 15) is 22.4 Å². The Morgan fingerprint density at radius 2 is 2.17 bits per heavy atom. The smallest absolute Gasteiger partial charge is 0.368 e. The molecule has 30 heavy (non-hydrogen) atoms. The molecule has 2 aromatic heterocycles. The maximum Gasteiger partial charge on any atom is 0.405 e. The average Bonchev–Trinajstić information content (AvgIpc) is 3.31. The van der Waals surface area contributed by atoms with Crippen molar-refractivity contribution in [2.45, 2.75) is 38.4 Å². The van der Waals surface area contributed by atoms with E-state index in [1.54, 1.807) is 0 Å². The van der Waals surface area contributed by atoms with Crippen LogP contribution in [0.5, 0.6) is 0 Å². The van der Waals surface area contributed by atoms with Gasteiger partial charge in [0.05, 0.1) is 6.20 Å². The van der Waals surface area contributed by atoms with Gasteiger partial charge in [-0.3, -0.25) is 4.79 Å². The monoisotopic (exact) mass is 439 g/mol. The van der Waals surface area contributed by atoms with Crippen LogP contribution in [0.2, 0.25) is 0 Å². The molecular weight excluding hydrogens is 410 g/mol. The van der Waals surface area contributed by atoms with Gasteiger partial charge in [0.25, 0.3) is 5.95 Å². The van der Waals surface area contributed by atoms with E-state index in [0.29, 0.717) is 13.0 Å². The first-order valence-electron chi connectivity index (χ1n) is 9.30. The molecule has 0 aliphatic carbocycles. The van der Waals surface area contributed by atoms with Gasteiger partial charge in [0.1, 0.15) is 12.6 Å². The first-order chi connectivity index (χ1) is 14.2. The first kappa shape index (κ1) is 21.5. The van der Waals surface area contributed by atoms with Gasteiger partial charge in [-0.1, -0.05) is 6.92 Å². The topological polar surface area (TPSA) is 127 Å². The van der Waals surface area contributed by atoms with Crippen molar-refractivity contribution in [1.82, 2.24) is 30.0 Å². The summed E-state index contributed by atoms with van der Waals surface area (Å²) in [6.45, 7) is 1.35. The zero-order chi connectivity index (χ0) is 21.9. The normalized spacial score (nSPS) is 16.7. The largest absolute Gasteiger partial charge is 0.405 e. The lowest BCUT2D eigenvalue weighted by Gasteiger charge is -2.25. The van der Waals surface area contributed by atoms with Crippen molar-refractivity contribution in [3.63, 3.8) is 0 Å². The van der Waals surface area contributed by atoms with Crippen LogP contribution in [0.3, 0.4) is 0 Å². The van der Waals surface area contributed by atoms with Crippen LogP contribution < -0.4 is 21.3 Å². The molecule has 2 aromatic rings. The molecule has 0 radical (unpaired) electrons. The Kier molecular flexibility index (Phi) is 6.22. The van der Waals surface area contributed by atoms with Crippen LogP contribution in [-0.2, 0) is 4.79 Å². The van der Waals surface area contributed by atoms with E-state index in [1.807, 2.05) is 12.2 Å². The van der Waals surface area contributed by atoms with E-state index >= 15 is 0 Å². The minimum Gasteiger partial charge on any atom is -0.368 e. The van der Waals surface area contributed by atoms with Gasteiger partial charge in [0.2, 0.25) is 17.8 Å². The molecule has 3 heterocycles. The van der Waals surface area contributed by atoms with Gasteiger partial charge in [-0.15, -0.1) is 5.10 Å². The first-order valence-corrected chi connectivity index (χ1v) is 9.30. The summed E-state index contributed by atoms with van der Waals surface area (Å²) in [6, 6.07) is -0.987. The van der Waals surface area contributed by atoms with E-state index in [1.165, 1.54) is 4.90 Å². The molecule has 1 aliphatic heterocycles. The molecule has 1 aliphatic rings. The molecule has 1 atom stereocenters. The highest BCUT2D eigenvalue weighted by molar-refractivity contribution is 5.85. The third-order valence-corrected chi connectivity index (χ3v) is 4.36. The molecule has 1 fully saturated rings. The summed E-state index contributed by atoms with van der Waals surface area (Å²) < 4.78 is 52.8. The third kappa shape index (κ3) is 4.86. The van der Waals surface area contributed by atoms with Crippen LogP contribution in [0.25, 0.3) is 5.95 Å². The minimum atomic E-state index is -4.54. The SMILES string of the molecule is CCCNc1nc(N)n(-c2ncc(F)c(N3CCC[C@@H]3C(=O)NCC(F)(F)F)n2)n1.[HH].[HH].[HH].[HH]. The molecule has 0 saturated carbocycles. The van der Waals surface area contributed by atoms with E-state index in [0.717, 1.165) is 17.3 Å². The molecule has 14 heteroatoms. The van der Waals surface area contributed by atoms with Gasteiger partial charge < -0.3 is 21.3 Å². The predicted octanol–water partition coefficient (Wildman–Crippen LogP) is 2.23. The number of anilines is 3. The van der Waals surface area contributed by atoms with Crippen LogP contribution in [0.1, 0.15) is 31.9 Å². The summed E-state index contributed by atoms with van der Waals surface area (Å²) in [5.74, 6) is -1.76. The van der Waals surface area contributed by atoms with Gasteiger partial charge in [0.15, 0.2) is 11.6 Å². The van der Waals surface area contributed by atoms with Gasteiger partial charge in [0, 0.05) is 18.8 Å². The molecule has 4 N–H and O–H groups in total. The fourth-order valence-electron chi connectivity index (χ4n) is 3.03. The summed E-state index contributed by atoms with van der Waals surface area (Å²) in [5, 5.41) is 8.91. The lowest BCUT2D eigenvalue weighted by molar-refractivity contribution is -0.139. The van der Waals surface area contributed by atoms with Crippen LogP contribution in [0.15, 0.2) is 6.20 Å². The number of nitrogens with one attached hydrogen (secondary N) is 2. The summed E-state index contributed by atoms with van der Waals surface area (Å²) in [6.07, 6.45) is -2.07. The number of rotatable bonds is 7. The summed E-state index contributed by atoms with van der Waals surface area (Å²) in [7, 11) is 0. The summed E-state index contributed by atoms with van der Waals surface area (Å²) >= 11 is 0. The molecule has 0 aromatic carbocycles. The highest BCUT2D eigenvalue weighted by Crippen LogP contribution is 2.27. The number of carbonyl (C=O) groups excluding carboxylic acids is 1. The second-order valence-electron chi connectivity index (χ2n) is 6.66. The number of carbonyl (C=O) groups is 1. The number of alkyl halides is 3. The number of nitrogen functional groups attached to an aromatic ring is 1. The standard InChI is InChI=1S/C16H21F4N9O.4H2/c1-2-5-22-14-26-13(21)29(27-14)15-23-7-9(17)11(25-15)28-6-3-4-10(28)12(30)24-8-16(18,19)20;;;;/h7,10H,2-6,8H2,1H3,(H,24,30)(H3,21,22,26,27);4*1H/t10-;;;;/m1..../s1. The van der Waals surface area contributed by atoms with Gasteiger partial charge >= 0.3 is 6.18 Å². The number of aromatic nitrogens is 5. The summed E-state index contributed by atoms with van der Waals surface area (Å²) in [5.41, 5.74) is 5.83. The van der Waals surface area contributed by atoms with Gasteiger partial charge in [-0.05, 0) is 19.3 Å². The van der Waals surface area contributed by atoms with Crippen LogP contribution >= 0.6 is 0 Å². The highest BCUT2D eigenvalue weighted by Gasteiger charge is 2.36. The van der Waals surface area contributed by atoms with Crippen molar-refractivity contribution in [2.75, 3.05) is 35.6 Å². The lowest BCUT2D eigenvalue weighted by Crippen LogP contribution is -2.46. The quantitative estimate of drug-likeness (QED) is 0.561. The van der Waals surface area contributed by atoms with Crippen LogP contribution in [0, 0.1) is 5.82 Å². The Hall–Kier alpha value is -3.19. The van der Waals surface area contributed by atoms with E-state index < -0.39 is 30.5 Å². The Labute approximate surface area is 174 Å². The molecule has 3 rings (SSSR count). The van der Waals surface area contributed by atoms with Crippen LogP contribution in [-0.4, -0.2) is 62.5 Å². The van der Waals surface area contributed by atoms with Gasteiger partial charge in [-0.2, -0.15) is 27.8 Å². The molecule has 0 spiro atoms. The number of amides is 1. The van der Waals surface area contributed by atoms with Crippen molar-refractivity contribution < 1.29 is 28.1 Å². The Morgan fingerprint density at radius 3 is 2.87 bits per heavy atom. The molecule has 10 nitrogen and oxygen atoms in total. The molecule has 1 amide bonds. The van der Waals surface area contributed by atoms with E-state index in [2.05, 4.69) is 25.4 Å². The maximum atomic E-state index is 14.5. The fourth-order valence-corrected chi connectivity index (χ4v) is 3.03. The van der Waals surface area contributed by atoms with Crippen molar-refractivity contribution in [2.24, 2.45) is 0 Å². The minimum absolute atomic E-state index is 0. The maximum absolute atomic E-state index is 14.5. The van der Waals surface area contributed by atoms with Crippen molar-refractivity contribution >= 4 is 23.6 Å². The second kappa shape index (κ2) is 8.67. The van der Waals surface area contributed by atoms with E-state index in [-0.39, 0.29) is 42.3 Å². The van der Waals surface area contributed by atoms with Crippen molar-refractivity contribution in [3.8, 4) is 5.95 Å². The predicted molar refractivity (Wildman–Crippen MR) is 108 cm³/mol. The molecule has 172 valence electrons. The number of nitrogens with two attached hydrogens (primary N) is 1. The summed E-state index contributed by atoms with van der Waals surface area (Å²) in [4.78, 5) is 25.5. The zero-order valence-electron chi connectivity index (χ0n) is 16.1. The van der Waals surface area contributed by atoms with Crippen molar-refractivity contribution in [1.29, 1.82) is 0 Å². The van der Waals surface area contributed by atoms with Crippen LogP contribution in [0.4, 0.5) is 35.3 Å². The Bertz CT molecular complexity index is 919. The zero-order valence-corrected chi connectivity index (χ0v) is 16.1. The molecule has 0 bridgehead atoms. The second-order valence-corrected chi connectivity index (χ2v) is 6.66. The molecule has 0 unspecified atom stereocenters. The van der Waals surface area contributed by atoms with Gasteiger partial charge in [-0.25, -0.2) is 9.37 Å². The number of hydrogen-bond donors (Lipinski definition) is 3. The van der Waals surface area contributed by atoms with E-state index in [4.69, 9.17) is 5.73 Å². The third-order valence-electron chi connectivity index (χ3n) is 4.36. The fraction of sp³-hybridized carbons (Fsp3) is 0.562. The average molecular weight is 439 g/mol. The lowest BCUT2D eigenvalue weighted by atomic mass is 10.2. The number of halogens is 4. The van der Waals surface area contributed by atoms with Crippen molar-refractivity contribution in [3.05, 3.63) is 12.0 Å².